The van der Waals surface area contributed by atoms with Gasteiger partial charge in [-0.2, -0.15) is 0 Å². The van der Waals surface area contributed by atoms with Gasteiger partial charge in [-0.3, -0.25) is 4.79 Å². The van der Waals surface area contributed by atoms with Crippen molar-refractivity contribution < 1.29 is 9.69 Å². The van der Waals surface area contributed by atoms with Gasteiger partial charge in [-0.25, -0.2) is 0 Å². The Hall–Kier alpha value is -2.13. The molecule has 1 amide bonds. The van der Waals surface area contributed by atoms with Crippen LogP contribution in [-0.2, 0) is 24.3 Å². The molecule has 3 rings (SSSR count). The monoisotopic (exact) mass is 323 g/mol. The second-order valence-corrected chi connectivity index (χ2v) is 6.89. The zero-order chi connectivity index (χ0) is 16.8. The van der Waals surface area contributed by atoms with E-state index in [1.807, 2.05) is 24.3 Å². The minimum absolute atomic E-state index is 0.0736. The first-order valence-corrected chi connectivity index (χ1v) is 8.93. The third kappa shape index (κ3) is 4.93. The molecule has 2 aromatic rings. The normalized spacial score (nSPS) is 14.7. The van der Waals surface area contributed by atoms with Crippen LogP contribution in [0.5, 0.6) is 0 Å². The summed E-state index contributed by atoms with van der Waals surface area (Å²) in [6, 6.07) is 16.8. The molecule has 0 unspecified atom stereocenters. The van der Waals surface area contributed by atoms with Crippen LogP contribution in [0.4, 0.5) is 0 Å². The second kappa shape index (κ2) is 8.11. The van der Waals surface area contributed by atoms with Crippen LogP contribution in [0, 0.1) is 6.92 Å². The van der Waals surface area contributed by atoms with Crippen molar-refractivity contribution >= 4 is 5.91 Å². The summed E-state index contributed by atoms with van der Waals surface area (Å²) < 4.78 is 0. The zero-order valence-electron chi connectivity index (χ0n) is 14.5. The third-order valence-corrected chi connectivity index (χ3v) is 4.76. The van der Waals surface area contributed by atoms with Gasteiger partial charge in [0.05, 0.1) is 19.5 Å². The van der Waals surface area contributed by atoms with E-state index in [1.54, 1.807) is 4.90 Å². The van der Waals surface area contributed by atoms with Gasteiger partial charge in [-0.15, -0.1) is 0 Å². The number of aryl methyl sites for hydroxylation is 1. The number of hydrogen-bond donors (Lipinski definition) is 2. The van der Waals surface area contributed by atoms with Crippen LogP contribution in [0.2, 0.25) is 0 Å². The maximum atomic E-state index is 12.1. The van der Waals surface area contributed by atoms with Crippen LogP contribution >= 0.6 is 0 Å². The molecule has 1 aliphatic heterocycles. The largest absolute Gasteiger partial charge is 0.352 e. The lowest BCUT2D eigenvalue weighted by molar-refractivity contribution is -0.901. The highest BCUT2D eigenvalue weighted by molar-refractivity contribution is 5.78. The first kappa shape index (κ1) is 16.7. The molecule has 126 valence electrons. The summed E-state index contributed by atoms with van der Waals surface area (Å²) in [5.41, 5.74) is 4.83. The minimum Gasteiger partial charge on any atom is -0.352 e. The van der Waals surface area contributed by atoms with Crippen molar-refractivity contribution in [2.75, 3.05) is 13.1 Å². The molecular weight excluding hydrogens is 296 g/mol. The molecule has 3 nitrogen and oxygen atoms in total. The standard InChI is InChI=1S/C21H26N2O/c1-17-4-6-18(7-5-17)14-21(24)22-15-19-8-10-20(11-9-19)16-23-12-2-3-13-23/h4-11H,2-3,12-16H2,1H3,(H,22,24)/p+1. The topological polar surface area (TPSA) is 33.5 Å². The van der Waals surface area contributed by atoms with Gasteiger partial charge < -0.3 is 10.2 Å². The molecule has 1 fully saturated rings. The molecule has 1 heterocycles. The smallest absolute Gasteiger partial charge is 0.224 e. The minimum atomic E-state index is 0.0736. The lowest BCUT2D eigenvalue weighted by Gasteiger charge is -2.12. The van der Waals surface area contributed by atoms with E-state index in [0.717, 1.165) is 17.7 Å². The summed E-state index contributed by atoms with van der Waals surface area (Å²) in [7, 11) is 0. The average Bonchev–Trinajstić information content (AvgIpc) is 3.09. The van der Waals surface area contributed by atoms with E-state index in [-0.39, 0.29) is 5.91 Å². The van der Waals surface area contributed by atoms with Crippen LogP contribution < -0.4 is 10.2 Å². The predicted octanol–water partition coefficient (Wildman–Crippen LogP) is 2.03. The quantitative estimate of drug-likeness (QED) is 0.838. The van der Waals surface area contributed by atoms with E-state index >= 15 is 0 Å². The number of hydrogen-bond acceptors (Lipinski definition) is 1. The first-order valence-electron chi connectivity index (χ1n) is 8.93. The number of rotatable bonds is 6. The zero-order valence-corrected chi connectivity index (χ0v) is 14.5. The number of carbonyl (C=O) groups excluding carboxylic acids is 1. The summed E-state index contributed by atoms with van der Waals surface area (Å²) in [6.45, 7) is 6.38. The highest BCUT2D eigenvalue weighted by atomic mass is 16.1. The molecule has 3 heteroatoms. The van der Waals surface area contributed by atoms with Crippen molar-refractivity contribution in [1.29, 1.82) is 0 Å². The number of nitrogens with one attached hydrogen (secondary N) is 2. The Morgan fingerprint density at radius 3 is 2.17 bits per heavy atom. The lowest BCUT2D eigenvalue weighted by Crippen LogP contribution is -3.08. The highest BCUT2D eigenvalue weighted by Crippen LogP contribution is 2.06. The summed E-state index contributed by atoms with van der Waals surface area (Å²) >= 11 is 0. The first-order chi connectivity index (χ1) is 11.7. The Morgan fingerprint density at radius 1 is 0.917 bits per heavy atom. The molecule has 0 aromatic heterocycles. The molecule has 2 N–H and O–H groups in total. The molecule has 24 heavy (non-hydrogen) atoms. The third-order valence-electron chi connectivity index (χ3n) is 4.76. The van der Waals surface area contributed by atoms with E-state index < -0.39 is 0 Å². The Morgan fingerprint density at radius 2 is 1.50 bits per heavy atom. The number of quaternary nitrogens is 1. The van der Waals surface area contributed by atoms with Crippen molar-refractivity contribution in [3.05, 3.63) is 70.8 Å². The van der Waals surface area contributed by atoms with Gasteiger partial charge in [0.1, 0.15) is 6.54 Å². The van der Waals surface area contributed by atoms with Gasteiger partial charge in [0.15, 0.2) is 0 Å². The van der Waals surface area contributed by atoms with Crippen molar-refractivity contribution in [1.82, 2.24) is 5.32 Å². The average molecular weight is 323 g/mol. The maximum absolute atomic E-state index is 12.1. The Balaban J connectivity index is 1.45. The fraction of sp³-hybridized carbons (Fsp3) is 0.381. The van der Waals surface area contributed by atoms with Gasteiger partial charge in [0, 0.05) is 24.9 Å². The molecular formula is C21H27N2O+. The van der Waals surface area contributed by atoms with E-state index in [9.17, 15) is 4.79 Å². The Kier molecular flexibility index (Phi) is 5.65. The molecule has 0 saturated carbocycles. The van der Waals surface area contributed by atoms with Crippen LogP contribution in [0.25, 0.3) is 0 Å². The van der Waals surface area contributed by atoms with E-state index in [1.165, 1.54) is 37.1 Å². The Labute approximate surface area is 144 Å². The van der Waals surface area contributed by atoms with Crippen molar-refractivity contribution in [2.45, 2.75) is 39.3 Å². The number of carbonyl (C=O) groups is 1. The van der Waals surface area contributed by atoms with Gasteiger partial charge >= 0.3 is 0 Å². The van der Waals surface area contributed by atoms with Crippen LogP contribution in [0.1, 0.15) is 35.1 Å². The van der Waals surface area contributed by atoms with E-state index in [2.05, 4.69) is 36.5 Å². The molecule has 0 spiro atoms. The second-order valence-electron chi connectivity index (χ2n) is 6.89. The summed E-state index contributed by atoms with van der Waals surface area (Å²) in [4.78, 5) is 13.7. The van der Waals surface area contributed by atoms with Gasteiger partial charge in [-0.1, -0.05) is 54.1 Å². The molecule has 0 atom stereocenters. The maximum Gasteiger partial charge on any atom is 0.224 e. The molecule has 0 radical (unpaired) electrons. The molecule has 0 aliphatic carbocycles. The van der Waals surface area contributed by atoms with E-state index in [4.69, 9.17) is 0 Å². The fourth-order valence-corrected chi connectivity index (χ4v) is 3.27. The van der Waals surface area contributed by atoms with Crippen LogP contribution in [-0.4, -0.2) is 19.0 Å². The fourth-order valence-electron chi connectivity index (χ4n) is 3.27. The number of likely N-dealkylation sites (tertiary alicyclic amines) is 1. The van der Waals surface area contributed by atoms with Gasteiger partial charge in [0.2, 0.25) is 5.91 Å². The molecule has 1 aliphatic rings. The summed E-state index contributed by atoms with van der Waals surface area (Å²) in [6.07, 6.45) is 3.16. The Bertz CT molecular complexity index is 655. The summed E-state index contributed by atoms with van der Waals surface area (Å²) in [5, 5.41) is 3.01. The summed E-state index contributed by atoms with van der Waals surface area (Å²) in [5.74, 6) is 0.0736. The van der Waals surface area contributed by atoms with Gasteiger partial charge in [0.25, 0.3) is 0 Å². The lowest BCUT2D eigenvalue weighted by atomic mass is 10.1. The van der Waals surface area contributed by atoms with Crippen molar-refractivity contribution in [3.63, 3.8) is 0 Å². The van der Waals surface area contributed by atoms with Gasteiger partial charge in [-0.05, 0) is 18.1 Å². The molecule has 0 bridgehead atoms. The highest BCUT2D eigenvalue weighted by Gasteiger charge is 2.15. The van der Waals surface area contributed by atoms with Crippen molar-refractivity contribution in [3.8, 4) is 0 Å². The predicted molar refractivity (Wildman–Crippen MR) is 96.8 cm³/mol. The van der Waals surface area contributed by atoms with E-state index in [0.29, 0.717) is 13.0 Å². The number of amides is 1. The molecule has 2 aromatic carbocycles. The van der Waals surface area contributed by atoms with Crippen LogP contribution in [0.3, 0.4) is 0 Å². The van der Waals surface area contributed by atoms with Crippen molar-refractivity contribution in [2.24, 2.45) is 0 Å². The number of benzene rings is 2. The van der Waals surface area contributed by atoms with Crippen LogP contribution in [0.15, 0.2) is 48.5 Å². The molecule has 1 saturated heterocycles. The SMILES string of the molecule is Cc1ccc(CC(=O)NCc2ccc(C[NH+]3CCCC3)cc2)cc1.